The predicted octanol–water partition coefficient (Wildman–Crippen LogP) is 4.39. The summed E-state index contributed by atoms with van der Waals surface area (Å²) in [6.45, 7) is 2.23. The molecule has 10 heteroatoms. The Hall–Kier alpha value is -3.24. The Morgan fingerprint density at radius 3 is 2.62 bits per heavy atom. The minimum Gasteiger partial charge on any atom is -0.396 e. The molecule has 206 valence electrons. The van der Waals surface area contributed by atoms with E-state index in [1.165, 1.54) is 11.0 Å². The molecule has 2 saturated carbocycles. The van der Waals surface area contributed by atoms with Crippen molar-refractivity contribution in [1.82, 2.24) is 15.0 Å². The molecule has 1 aromatic heterocycles. The molecule has 3 aromatic rings. The maximum atomic E-state index is 14.3. The largest absolute Gasteiger partial charge is 0.416 e. The van der Waals surface area contributed by atoms with Crippen LogP contribution in [-0.2, 0) is 26.3 Å². The maximum Gasteiger partial charge on any atom is 0.416 e. The third-order valence-corrected chi connectivity index (χ3v) is 8.85. The van der Waals surface area contributed by atoms with Crippen molar-refractivity contribution >= 4 is 11.6 Å². The topological polar surface area (TPSA) is 74.3 Å². The van der Waals surface area contributed by atoms with Crippen molar-refractivity contribution in [3.8, 4) is 5.69 Å². The Kier molecular flexibility index (Phi) is 6.30. The predicted molar refractivity (Wildman–Crippen MR) is 138 cm³/mol. The number of carbonyl (C=O) groups excluding carboxylic acids is 1. The zero-order chi connectivity index (χ0) is 27.5. The van der Waals surface area contributed by atoms with Crippen LogP contribution in [0.25, 0.3) is 5.69 Å². The van der Waals surface area contributed by atoms with Crippen LogP contribution in [-0.4, -0.2) is 32.8 Å². The number of nitrogens with zero attached hydrogens (tertiary/aromatic N) is 4. The standard InChI is InChI=1S/C29H33F3N5O2/c1-28(9-4-10-28)33-13-18-11-22-23(24(12-18)29(30,31)32)14-36(27(22)39)25-6-3-5-21(20-8-7-19(20)15-38)26(25)37-17-35(2)16-34-37/h3,5-6,11-12,16-17,19-20,33,38H,4,7-10,13-15H2,1-2H3/q+1/t19-,20?/m0/s1. The number of fused-ring (bicyclic) bond motifs is 1. The van der Waals surface area contributed by atoms with Gasteiger partial charge < -0.3 is 10.4 Å². The number of nitrogens with one attached hydrogen (secondary N) is 1. The SMILES string of the molecule is Cn1cn[n+](-c2c(C3CC[C@H]3CO)cccc2N2Cc3c(cc(CNC4(C)CCC4)cc3C(F)(F)F)C2=O)c1. The fourth-order valence-electron chi connectivity index (χ4n) is 6.21. The summed E-state index contributed by atoms with van der Waals surface area (Å²) >= 11 is 0. The lowest BCUT2D eigenvalue weighted by atomic mass is 9.70. The van der Waals surface area contributed by atoms with Crippen LogP contribution in [0.3, 0.4) is 0 Å². The summed E-state index contributed by atoms with van der Waals surface area (Å²) in [7, 11) is 1.83. The molecule has 2 aliphatic carbocycles. The van der Waals surface area contributed by atoms with E-state index >= 15 is 0 Å². The van der Waals surface area contributed by atoms with Gasteiger partial charge in [0.25, 0.3) is 12.2 Å². The summed E-state index contributed by atoms with van der Waals surface area (Å²) < 4.78 is 46.3. The molecule has 0 saturated heterocycles. The highest BCUT2D eigenvalue weighted by Crippen LogP contribution is 2.46. The maximum absolute atomic E-state index is 14.3. The third kappa shape index (κ3) is 4.53. The highest BCUT2D eigenvalue weighted by Gasteiger charge is 2.43. The van der Waals surface area contributed by atoms with Crippen molar-refractivity contribution in [1.29, 1.82) is 0 Å². The lowest BCUT2D eigenvalue weighted by Gasteiger charge is -2.39. The molecule has 7 nitrogen and oxygen atoms in total. The zero-order valence-electron chi connectivity index (χ0n) is 22.1. The van der Waals surface area contributed by atoms with Crippen LogP contribution >= 0.6 is 0 Å². The van der Waals surface area contributed by atoms with E-state index in [0.29, 0.717) is 16.9 Å². The molecule has 2 heterocycles. The zero-order valence-corrected chi connectivity index (χ0v) is 22.1. The summed E-state index contributed by atoms with van der Waals surface area (Å²) in [5.41, 5.74) is 1.83. The van der Waals surface area contributed by atoms with E-state index in [4.69, 9.17) is 0 Å². The Morgan fingerprint density at radius 2 is 2.03 bits per heavy atom. The molecule has 2 fully saturated rings. The van der Waals surface area contributed by atoms with Crippen LogP contribution in [0.5, 0.6) is 0 Å². The van der Waals surface area contributed by atoms with Gasteiger partial charge in [0.1, 0.15) is 0 Å². The molecule has 3 aliphatic rings. The quantitative estimate of drug-likeness (QED) is 0.436. The monoisotopic (exact) mass is 540 g/mol. The van der Waals surface area contributed by atoms with E-state index < -0.39 is 17.6 Å². The lowest BCUT2D eigenvalue weighted by molar-refractivity contribution is -0.657. The average molecular weight is 541 g/mol. The number of rotatable bonds is 7. The van der Waals surface area contributed by atoms with Gasteiger partial charge in [0.2, 0.25) is 6.33 Å². The molecule has 1 amide bonds. The molecule has 0 spiro atoms. The molecule has 2 N–H and O–H groups in total. The number of hydrogen-bond acceptors (Lipinski definition) is 4. The second-order valence-electron chi connectivity index (χ2n) is 11.5. The fraction of sp³-hybridized carbons (Fsp3) is 0.483. The normalized spacial score (nSPS) is 22.0. The smallest absolute Gasteiger partial charge is 0.396 e. The molecular weight excluding hydrogens is 507 g/mol. The van der Waals surface area contributed by atoms with Crippen LogP contribution in [0, 0.1) is 5.92 Å². The highest BCUT2D eigenvalue weighted by atomic mass is 19.4. The molecule has 2 aromatic carbocycles. The van der Waals surface area contributed by atoms with Crippen LogP contribution in [0.15, 0.2) is 43.0 Å². The summed E-state index contributed by atoms with van der Waals surface area (Å²) in [5.74, 6) is -0.274. The Labute approximate surface area is 225 Å². The van der Waals surface area contributed by atoms with E-state index in [-0.39, 0.29) is 48.2 Å². The summed E-state index contributed by atoms with van der Waals surface area (Å²) in [6.07, 6.45) is 3.68. The van der Waals surface area contributed by atoms with Crippen LogP contribution in [0.2, 0.25) is 0 Å². The summed E-state index contributed by atoms with van der Waals surface area (Å²) in [4.78, 5) is 15.3. The number of aromatic nitrogens is 3. The van der Waals surface area contributed by atoms with Gasteiger partial charge in [0.15, 0.2) is 5.69 Å². The van der Waals surface area contributed by atoms with Gasteiger partial charge in [-0.15, -0.1) is 0 Å². The van der Waals surface area contributed by atoms with Gasteiger partial charge in [-0.3, -0.25) is 9.69 Å². The number of hydrogen-bond donors (Lipinski definition) is 2. The van der Waals surface area contributed by atoms with Crippen molar-refractivity contribution in [2.24, 2.45) is 13.0 Å². The molecular formula is C29H33F3N5O2+. The van der Waals surface area contributed by atoms with Gasteiger partial charge in [0, 0.05) is 29.8 Å². The Morgan fingerprint density at radius 1 is 1.23 bits per heavy atom. The van der Waals surface area contributed by atoms with Crippen molar-refractivity contribution < 1.29 is 27.8 Å². The number of carbonyl (C=O) groups is 1. The molecule has 1 unspecified atom stereocenters. The van der Waals surface area contributed by atoms with E-state index in [9.17, 15) is 23.1 Å². The van der Waals surface area contributed by atoms with Gasteiger partial charge in [-0.2, -0.15) is 13.2 Å². The van der Waals surface area contributed by atoms with Crippen molar-refractivity contribution in [3.63, 3.8) is 0 Å². The molecule has 0 bridgehead atoms. The number of alkyl halides is 3. The number of benzene rings is 2. The van der Waals surface area contributed by atoms with Crippen molar-refractivity contribution in [2.75, 3.05) is 11.5 Å². The van der Waals surface area contributed by atoms with Crippen LogP contribution < -0.4 is 14.9 Å². The van der Waals surface area contributed by atoms with Crippen LogP contribution in [0.1, 0.15) is 77.6 Å². The molecule has 2 atom stereocenters. The fourth-order valence-corrected chi connectivity index (χ4v) is 6.21. The minimum atomic E-state index is -4.59. The first-order valence-corrected chi connectivity index (χ1v) is 13.5. The molecule has 6 rings (SSSR count). The summed E-state index contributed by atoms with van der Waals surface area (Å²) in [5, 5.41) is 17.7. The van der Waals surface area contributed by atoms with Gasteiger partial charge in [-0.25, -0.2) is 4.57 Å². The number of anilines is 1. The van der Waals surface area contributed by atoms with E-state index in [1.54, 1.807) is 34.0 Å². The van der Waals surface area contributed by atoms with E-state index in [1.807, 2.05) is 19.2 Å². The number of aliphatic hydroxyl groups excluding tert-OH is 1. The minimum absolute atomic E-state index is 0.00496. The molecule has 0 radical (unpaired) electrons. The number of amides is 1. The van der Waals surface area contributed by atoms with Crippen LogP contribution in [0.4, 0.5) is 18.9 Å². The second kappa shape index (κ2) is 9.45. The molecule has 39 heavy (non-hydrogen) atoms. The number of aryl methyl sites for hydroxylation is 1. The van der Waals surface area contributed by atoms with E-state index in [0.717, 1.165) is 37.7 Å². The van der Waals surface area contributed by atoms with Gasteiger partial charge in [-0.05, 0) is 85.3 Å². The first kappa shape index (κ1) is 26.0. The third-order valence-electron chi connectivity index (χ3n) is 8.85. The number of para-hydroxylation sites is 1. The Bertz CT molecular complexity index is 1430. The average Bonchev–Trinajstić information content (AvgIpc) is 3.43. The van der Waals surface area contributed by atoms with Gasteiger partial charge >= 0.3 is 6.18 Å². The Balaban J connectivity index is 1.42. The van der Waals surface area contributed by atoms with Gasteiger partial charge in [-0.1, -0.05) is 16.8 Å². The lowest BCUT2D eigenvalue weighted by Crippen LogP contribution is -2.47. The van der Waals surface area contributed by atoms with Gasteiger partial charge in [0.05, 0.1) is 24.8 Å². The van der Waals surface area contributed by atoms with E-state index in [2.05, 4.69) is 17.3 Å². The first-order chi connectivity index (χ1) is 18.6. The highest BCUT2D eigenvalue weighted by molar-refractivity contribution is 6.11. The summed E-state index contributed by atoms with van der Waals surface area (Å²) in [6, 6.07) is 8.37. The molecule has 1 aliphatic heterocycles. The number of aliphatic hydroxyl groups is 1. The van der Waals surface area contributed by atoms with Crippen molar-refractivity contribution in [3.05, 3.63) is 70.8 Å². The number of halogens is 3. The second-order valence-corrected chi connectivity index (χ2v) is 11.5. The van der Waals surface area contributed by atoms with Crippen molar-refractivity contribution in [2.45, 2.75) is 69.8 Å². The first-order valence-electron chi connectivity index (χ1n) is 13.5.